The standard InChI is InChI=1S/C18H27ClN4O/c1-14(2)23-7-6-20-17(13-23)18(24)22-10-8-21(9-11-22)16-5-3-4-15(19)12-16/h3-5,12,14,17,20H,6-11,13H2,1-2H3. The van der Waals surface area contributed by atoms with Gasteiger partial charge in [0.1, 0.15) is 0 Å². The minimum atomic E-state index is -0.0705. The Morgan fingerprint density at radius 1 is 1.21 bits per heavy atom. The van der Waals surface area contributed by atoms with Gasteiger partial charge in [0.15, 0.2) is 0 Å². The Morgan fingerprint density at radius 2 is 1.96 bits per heavy atom. The zero-order chi connectivity index (χ0) is 17.1. The first-order valence-corrected chi connectivity index (χ1v) is 9.19. The largest absolute Gasteiger partial charge is 0.368 e. The lowest BCUT2D eigenvalue weighted by atomic mass is 10.1. The van der Waals surface area contributed by atoms with Crippen molar-refractivity contribution in [3.63, 3.8) is 0 Å². The SMILES string of the molecule is CC(C)N1CCNC(C(=O)N2CCN(c3cccc(Cl)c3)CC2)C1. The molecule has 0 radical (unpaired) electrons. The van der Waals surface area contributed by atoms with Crippen molar-refractivity contribution in [2.24, 2.45) is 0 Å². The Kier molecular flexibility index (Phi) is 5.64. The van der Waals surface area contributed by atoms with Gasteiger partial charge in [-0.2, -0.15) is 0 Å². The molecule has 2 fully saturated rings. The summed E-state index contributed by atoms with van der Waals surface area (Å²) in [5, 5.41) is 4.14. The Hall–Kier alpha value is -1.30. The van der Waals surface area contributed by atoms with Crippen LogP contribution in [0.1, 0.15) is 13.8 Å². The molecule has 0 bridgehead atoms. The highest BCUT2D eigenvalue weighted by Crippen LogP contribution is 2.21. The number of halogens is 1. The van der Waals surface area contributed by atoms with Crippen LogP contribution >= 0.6 is 11.6 Å². The van der Waals surface area contributed by atoms with Gasteiger partial charge in [0, 0.05) is 62.6 Å². The quantitative estimate of drug-likeness (QED) is 0.900. The molecule has 1 N–H and O–H groups in total. The average molecular weight is 351 g/mol. The maximum atomic E-state index is 12.8. The maximum absolute atomic E-state index is 12.8. The molecule has 2 heterocycles. The van der Waals surface area contributed by atoms with Crippen LogP contribution in [0.3, 0.4) is 0 Å². The first-order valence-electron chi connectivity index (χ1n) is 8.81. The fourth-order valence-corrected chi connectivity index (χ4v) is 3.67. The van der Waals surface area contributed by atoms with Crippen molar-refractivity contribution in [3.05, 3.63) is 29.3 Å². The number of nitrogens with zero attached hydrogens (tertiary/aromatic N) is 3. The van der Waals surface area contributed by atoms with Crippen LogP contribution in [-0.2, 0) is 4.79 Å². The molecular weight excluding hydrogens is 324 g/mol. The molecule has 0 spiro atoms. The molecule has 5 nitrogen and oxygen atoms in total. The molecule has 1 atom stereocenters. The maximum Gasteiger partial charge on any atom is 0.241 e. The number of amides is 1. The van der Waals surface area contributed by atoms with Gasteiger partial charge in [-0.3, -0.25) is 9.69 Å². The third-order valence-corrected chi connectivity index (χ3v) is 5.24. The second kappa shape index (κ2) is 7.72. The molecule has 1 unspecified atom stereocenters. The summed E-state index contributed by atoms with van der Waals surface area (Å²) < 4.78 is 0. The van der Waals surface area contributed by atoms with E-state index < -0.39 is 0 Å². The van der Waals surface area contributed by atoms with Gasteiger partial charge in [-0.1, -0.05) is 17.7 Å². The van der Waals surface area contributed by atoms with Gasteiger partial charge in [0.05, 0.1) is 6.04 Å². The Labute approximate surface area is 149 Å². The summed E-state index contributed by atoms with van der Waals surface area (Å²) in [6.45, 7) is 10.3. The van der Waals surface area contributed by atoms with E-state index in [0.29, 0.717) is 6.04 Å². The number of nitrogens with one attached hydrogen (secondary N) is 1. The average Bonchev–Trinajstić information content (AvgIpc) is 2.61. The second-order valence-electron chi connectivity index (χ2n) is 6.89. The predicted octanol–water partition coefficient (Wildman–Crippen LogP) is 1.67. The molecule has 1 aromatic rings. The highest BCUT2D eigenvalue weighted by molar-refractivity contribution is 6.30. The zero-order valence-corrected chi connectivity index (χ0v) is 15.3. The van der Waals surface area contributed by atoms with E-state index in [1.54, 1.807) is 0 Å². The molecule has 1 aromatic carbocycles. The molecule has 3 rings (SSSR count). The van der Waals surface area contributed by atoms with Gasteiger partial charge < -0.3 is 15.1 Å². The molecule has 2 aliphatic heterocycles. The van der Waals surface area contributed by atoms with Gasteiger partial charge in [0.2, 0.25) is 5.91 Å². The molecule has 132 valence electrons. The van der Waals surface area contributed by atoms with E-state index in [0.717, 1.165) is 56.5 Å². The number of anilines is 1. The predicted molar refractivity (Wildman–Crippen MR) is 98.7 cm³/mol. The summed E-state index contributed by atoms with van der Waals surface area (Å²) in [5.41, 5.74) is 1.14. The Bertz CT molecular complexity index is 572. The van der Waals surface area contributed by atoms with Crippen molar-refractivity contribution in [1.29, 1.82) is 0 Å². The molecule has 0 saturated carbocycles. The van der Waals surface area contributed by atoms with Crippen LogP contribution in [0.15, 0.2) is 24.3 Å². The van der Waals surface area contributed by atoms with Gasteiger partial charge >= 0.3 is 0 Å². The van der Waals surface area contributed by atoms with Crippen LogP contribution in [0, 0.1) is 0 Å². The van der Waals surface area contributed by atoms with E-state index in [1.165, 1.54) is 0 Å². The topological polar surface area (TPSA) is 38.8 Å². The Balaban J connectivity index is 1.55. The van der Waals surface area contributed by atoms with E-state index in [2.05, 4.69) is 35.0 Å². The van der Waals surface area contributed by atoms with Crippen LogP contribution in [0.25, 0.3) is 0 Å². The molecule has 0 aliphatic carbocycles. The summed E-state index contributed by atoms with van der Waals surface area (Å²) in [5.74, 6) is 0.242. The van der Waals surface area contributed by atoms with E-state index in [1.807, 2.05) is 23.1 Å². The number of hydrogen-bond donors (Lipinski definition) is 1. The van der Waals surface area contributed by atoms with Crippen LogP contribution < -0.4 is 10.2 Å². The molecule has 24 heavy (non-hydrogen) atoms. The van der Waals surface area contributed by atoms with Crippen molar-refractivity contribution in [2.45, 2.75) is 25.9 Å². The summed E-state index contributed by atoms with van der Waals surface area (Å²) in [7, 11) is 0. The van der Waals surface area contributed by atoms with Crippen molar-refractivity contribution in [2.75, 3.05) is 50.7 Å². The molecule has 6 heteroatoms. The van der Waals surface area contributed by atoms with Crippen LogP contribution in [-0.4, -0.2) is 73.6 Å². The smallest absolute Gasteiger partial charge is 0.241 e. The summed E-state index contributed by atoms with van der Waals surface area (Å²) in [6.07, 6.45) is 0. The first kappa shape index (κ1) is 17.5. The lowest BCUT2D eigenvalue weighted by molar-refractivity contribution is -0.135. The van der Waals surface area contributed by atoms with Crippen molar-refractivity contribution in [1.82, 2.24) is 15.1 Å². The van der Waals surface area contributed by atoms with Gasteiger partial charge in [-0.05, 0) is 32.0 Å². The van der Waals surface area contributed by atoms with Crippen molar-refractivity contribution in [3.8, 4) is 0 Å². The summed E-state index contributed by atoms with van der Waals surface area (Å²) in [4.78, 5) is 19.5. The third-order valence-electron chi connectivity index (χ3n) is 5.00. The highest BCUT2D eigenvalue weighted by atomic mass is 35.5. The minimum Gasteiger partial charge on any atom is -0.368 e. The fraction of sp³-hybridized carbons (Fsp3) is 0.611. The fourth-order valence-electron chi connectivity index (χ4n) is 3.49. The minimum absolute atomic E-state index is 0.0705. The Morgan fingerprint density at radius 3 is 2.62 bits per heavy atom. The number of hydrogen-bond acceptors (Lipinski definition) is 4. The summed E-state index contributed by atoms with van der Waals surface area (Å²) in [6, 6.07) is 8.34. The lowest BCUT2D eigenvalue weighted by Gasteiger charge is -2.41. The monoisotopic (exact) mass is 350 g/mol. The van der Waals surface area contributed by atoms with E-state index in [9.17, 15) is 4.79 Å². The molecular formula is C18H27ClN4O. The molecule has 0 aromatic heterocycles. The van der Waals surface area contributed by atoms with Crippen LogP contribution in [0.4, 0.5) is 5.69 Å². The van der Waals surface area contributed by atoms with Gasteiger partial charge in [0.25, 0.3) is 0 Å². The first-order chi connectivity index (χ1) is 11.5. The van der Waals surface area contributed by atoms with Gasteiger partial charge in [-0.15, -0.1) is 0 Å². The van der Waals surface area contributed by atoms with Crippen molar-refractivity contribution < 1.29 is 4.79 Å². The normalized spacial score (nSPS) is 22.9. The number of carbonyl (C=O) groups is 1. The van der Waals surface area contributed by atoms with Crippen LogP contribution in [0.2, 0.25) is 5.02 Å². The van der Waals surface area contributed by atoms with Gasteiger partial charge in [-0.25, -0.2) is 0 Å². The van der Waals surface area contributed by atoms with Crippen LogP contribution in [0.5, 0.6) is 0 Å². The molecule has 2 saturated heterocycles. The number of rotatable bonds is 3. The molecule has 2 aliphatic rings. The van der Waals surface area contributed by atoms with Crippen molar-refractivity contribution >= 4 is 23.2 Å². The second-order valence-corrected chi connectivity index (χ2v) is 7.32. The summed E-state index contributed by atoms with van der Waals surface area (Å²) >= 11 is 6.08. The van der Waals surface area contributed by atoms with E-state index in [-0.39, 0.29) is 11.9 Å². The van der Waals surface area contributed by atoms with E-state index in [4.69, 9.17) is 11.6 Å². The lowest BCUT2D eigenvalue weighted by Crippen LogP contribution is -2.61. The molecule has 1 amide bonds. The number of piperazine rings is 2. The number of benzene rings is 1. The van der Waals surface area contributed by atoms with E-state index >= 15 is 0 Å². The highest BCUT2D eigenvalue weighted by Gasteiger charge is 2.31. The number of carbonyl (C=O) groups excluding carboxylic acids is 1. The third kappa shape index (κ3) is 4.02. The zero-order valence-electron chi connectivity index (χ0n) is 14.5.